The number of benzene rings is 1. The Labute approximate surface area is 141 Å². The second kappa shape index (κ2) is 7.11. The minimum atomic E-state index is -4.61. The standard InChI is InChI=1S/C13H15F3N4O2S2/c1-3-20-11(18-19-12(20)23-2)8-17-24(21,22)10-6-4-5-9(7-10)13(14,15)16/h4-7,17H,3,8H2,1-2H3. The van der Waals surface area contributed by atoms with E-state index in [0.29, 0.717) is 23.6 Å². The maximum Gasteiger partial charge on any atom is 0.416 e. The van der Waals surface area contributed by atoms with Gasteiger partial charge < -0.3 is 4.57 Å². The summed E-state index contributed by atoms with van der Waals surface area (Å²) in [6.07, 6.45) is -2.80. The Morgan fingerprint density at radius 1 is 1.29 bits per heavy atom. The summed E-state index contributed by atoms with van der Waals surface area (Å²) in [7, 11) is -4.10. The Morgan fingerprint density at radius 3 is 2.58 bits per heavy atom. The van der Waals surface area contributed by atoms with Gasteiger partial charge >= 0.3 is 6.18 Å². The van der Waals surface area contributed by atoms with Crippen LogP contribution in [-0.2, 0) is 29.3 Å². The van der Waals surface area contributed by atoms with Gasteiger partial charge in [-0.15, -0.1) is 10.2 Å². The van der Waals surface area contributed by atoms with E-state index in [-0.39, 0.29) is 6.54 Å². The molecular formula is C13H15F3N4O2S2. The third kappa shape index (κ3) is 4.08. The molecule has 0 aliphatic carbocycles. The molecule has 0 fully saturated rings. The average molecular weight is 380 g/mol. The summed E-state index contributed by atoms with van der Waals surface area (Å²) in [6.45, 7) is 2.23. The Kier molecular flexibility index (Phi) is 5.56. The first-order chi connectivity index (χ1) is 11.2. The van der Waals surface area contributed by atoms with Crippen molar-refractivity contribution in [1.29, 1.82) is 0 Å². The van der Waals surface area contributed by atoms with Gasteiger partial charge in [-0.2, -0.15) is 13.2 Å². The first-order valence-electron chi connectivity index (χ1n) is 6.82. The van der Waals surface area contributed by atoms with Crippen molar-refractivity contribution in [3.8, 4) is 0 Å². The topological polar surface area (TPSA) is 76.9 Å². The van der Waals surface area contributed by atoms with Crippen LogP contribution in [0.25, 0.3) is 0 Å². The molecule has 0 atom stereocenters. The highest BCUT2D eigenvalue weighted by Gasteiger charge is 2.31. The van der Waals surface area contributed by atoms with Crippen LogP contribution in [0.1, 0.15) is 18.3 Å². The average Bonchev–Trinajstić information content (AvgIpc) is 2.94. The Balaban J connectivity index is 2.22. The van der Waals surface area contributed by atoms with Crippen LogP contribution < -0.4 is 4.72 Å². The van der Waals surface area contributed by atoms with E-state index in [9.17, 15) is 21.6 Å². The fourth-order valence-electron chi connectivity index (χ4n) is 2.00. The van der Waals surface area contributed by atoms with E-state index in [1.165, 1.54) is 11.8 Å². The zero-order chi connectivity index (χ0) is 18.0. The van der Waals surface area contributed by atoms with Gasteiger partial charge in [-0.05, 0) is 31.4 Å². The lowest BCUT2D eigenvalue weighted by Crippen LogP contribution is -2.25. The molecule has 1 aromatic carbocycles. The van der Waals surface area contributed by atoms with E-state index >= 15 is 0 Å². The summed E-state index contributed by atoms with van der Waals surface area (Å²) >= 11 is 1.36. The van der Waals surface area contributed by atoms with Crippen molar-refractivity contribution in [3.63, 3.8) is 0 Å². The summed E-state index contributed by atoms with van der Waals surface area (Å²) in [4.78, 5) is -0.454. The summed E-state index contributed by atoms with van der Waals surface area (Å²) in [5.74, 6) is 0.386. The molecule has 0 saturated heterocycles. The van der Waals surface area contributed by atoms with Crippen molar-refractivity contribution >= 4 is 21.8 Å². The molecule has 0 saturated carbocycles. The van der Waals surface area contributed by atoms with E-state index in [1.807, 2.05) is 13.2 Å². The number of nitrogens with one attached hydrogen (secondary N) is 1. The zero-order valence-corrected chi connectivity index (χ0v) is 14.5. The summed E-state index contributed by atoms with van der Waals surface area (Å²) in [5, 5.41) is 8.44. The number of halogens is 3. The molecule has 0 spiro atoms. The molecule has 0 unspecified atom stereocenters. The lowest BCUT2D eigenvalue weighted by atomic mass is 10.2. The molecule has 1 heterocycles. The van der Waals surface area contributed by atoms with E-state index in [1.54, 1.807) is 4.57 Å². The largest absolute Gasteiger partial charge is 0.416 e. The first-order valence-corrected chi connectivity index (χ1v) is 9.53. The van der Waals surface area contributed by atoms with E-state index in [2.05, 4.69) is 14.9 Å². The van der Waals surface area contributed by atoms with Gasteiger partial charge in [0.15, 0.2) is 5.16 Å². The molecule has 132 valence electrons. The second-order valence-corrected chi connectivity index (χ2v) is 7.24. The predicted octanol–water partition coefficient (Wildman–Crippen LogP) is 2.52. The zero-order valence-electron chi connectivity index (χ0n) is 12.8. The van der Waals surface area contributed by atoms with Crippen molar-refractivity contribution in [3.05, 3.63) is 35.7 Å². The maximum atomic E-state index is 12.7. The maximum absolute atomic E-state index is 12.7. The minimum Gasteiger partial charge on any atom is -0.305 e. The molecule has 0 aliphatic rings. The van der Waals surface area contributed by atoms with Gasteiger partial charge in [0.2, 0.25) is 10.0 Å². The number of nitrogens with zero attached hydrogens (tertiary/aromatic N) is 3. The minimum absolute atomic E-state index is 0.167. The number of thioether (sulfide) groups is 1. The van der Waals surface area contributed by atoms with Gasteiger partial charge in [-0.3, -0.25) is 0 Å². The van der Waals surface area contributed by atoms with Gasteiger partial charge in [0.05, 0.1) is 17.0 Å². The number of alkyl halides is 3. The first kappa shape index (κ1) is 18.7. The number of sulfonamides is 1. The Morgan fingerprint density at radius 2 is 2.00 bits per heavy atom. The predicted molar refractivity (Wildman–Crippen MR) is 82.9 cm³/mol. The van der Waals surface area contributed by atoms with E-state index in [0.717, 1.165) is 18.2 Å². The van der Waals surface area contributed by atoms with Crippen LogP contribution in [0.3, 0.4) is 0 Å². The molecule has 6 nitrogen and oxygen atoms in total. The van der Waals surface area contributed by atoms with Crippen molar-refractivity contribution in [2.24, 2.45) is 0 Å². The van der Waals surface area contributed by atoms with Crippen LogP contribution in [0.15, 0.2) is 34.3 Å². The summed E-state index contributed by atoms with van der Waals surface area (Å²) < 4.78 is 66.5. The third-order valence-electron chi connectivity index (χ3n) is 3.18. The molecule has 0 amide bonds. The van der Waals surface area contributed by atoms with Gasteiger partial charge in [-0.25, -0.2) is 13.1 Å². The molecule has 0 bridgehead atoms. The fraction of sp³-hybridized carbons (Fsp3) is 0.385. The number of aromatic nitrogens is 3. The molecule has 0 radical (unpaired) electrons. The highest BCUT2D eigenvalue weighted by molar-refractivity contribution is 7.98. The van der Waals surface area contributed by atoms with Crippen molar-refractivity contribution in [2.45, 2.75) is 36.2 Å². The molecule has 1 aromatic heterocycles. The molecule has 2 rings (SSSR count). The monoisotopic (exact) mass is 380 g/mol. The highest BCUT2D eigenvalue weighted by Crippen LogP contribution is 2.30. The SMILES string of the molecule is CCn1c(CNS(=O)(=O)c2cccc(C(F)(F)F)c2)nnc1SC. The van der Waals surface area contributed by atoms with Crippen molar-refractivity contribution in [1.82, 2.24) is 19.5 Å². The van der Waals surface area contributed by atoms with Gasteiger partial charge in [-0.1, -0.05) is 17.8 Å². The van der Waals surface area contributed by atoms with Gasteiger partial charge in [0.1, 0.15) is 5.82 Å². The molecular weight excluding hydrogens is 365 g/mol. The van der Waals surface area contributed by atoms with E-state index < -0.39 is 26.7 Å². The molecule has 11 heteroatoms. The summed E-state index contributed by atoms with van der Waals surface area (Å²) in [6, 6.07) is 3.57. The number of hydrogen-bond acceptors (Lipinski definition) is 5. The van der Waals surface area contributed by atoms with Crippen molar-refractivity contribution in [2.75, 3.05) is 6.26 Å². The lowest BCUT2D eigenvalue weighted by molar-refractivity contribution is -0.137. The molecule has 1 N–H and O–H groups in total. The molecule has 0 aliphatic heterocycles. The smallest absolute Gasteiger partial charge is 0.305 e. The third-order valence-corrected chi connectivity index (χ3v) is 5.25. The van der Waals surface area contributed by atoms with Crippen LogP contribution in [0.2, 0.25) is 0 Å². The normalized spacial score (nSPS) is 12.5. The van der Waals surface area contributed by atoms with Crippen LogP contribution in [0, 0.1) is 0 Å². The lowest BCUT2D eigenvalue weighted by Gasteiger charge is -2.11. The van der Waals surface area contributed by atoms with Crippen LogP contribution in [-0.4, -0.2) is 29.4 Å². The quantitative estimate of drug-likeness (QED) is 0.780. The second-order valence-electron chi connectivity index (χ2n) is 4.70. The van der Waals surface area contributed by atoms with Crippen LogP contribution >= 0.6 is 11.8 Å². The van der Waals surface area contributed by atoms with Crippen LogP contribution in [0.5, 0.6) is 0 Å². The van der Waals surface area contributed by atoms with Crippen LogP contribution in [0.4, 0.5) is 13.2 Å². The number of hydrogen-bond donors (Lipinski definition) is 1. The van der Waals surface area contributed by atoms with Crippen molar-refractivity contribution < 1.29 is 21.6 Å². The highest BCUT2D eigenvalue weighted by atomic mass is 32.2. The fourth-order valence-corrected chi connectivity index (χ4v) is 3.60. The Bertz CT molecular complexity index is 819. The molecule has 24 heavy (non-hydrogen) atoms. The van der Waals surface area contributed by atoms with Gasteiger partial charge in [0, 0.05) is 6.54 Å². The van der Waals surface area contributed by atoms with Gasteiger partial charge in [0.25, 0.3) is 0 Å². The van der Waals surface area contributed by atoms with E-state index in [4.69, 9.17) is 0 Å². The Hall–Kier alpha value is -1.59. The summed E-state index contributed by atoms with van der Waals surface area (Å²) in [5.41, 5.74) is -1.02. The number of rotatable bonds is 6. The molecule has 2 aromatic rings.